The Kier molecular flexibility index (Phi) is 4.35. The van der Waals surface area contributed by atoms with E-state index in [0.29, 0.717) is 22.9 Å². The molecule has 0 aliphatic carbocycles. The summed E-state index contributed by atoms with van der Waals surface area (Å²) in [4.78, 5) is 30.7. The number of aromatic nitrogens is 1. The standard InChI is InChI=1S/C19H19ClN2O3S/c1-11-12-5-3-4-6-13(12)21-14(17(11)20)9-25-18(24)15-10-26-19(2)8-7-16(23)22(15)19/h3-6,15H,7-10H2,1-2H3. The summed E-state index contributed by atoms with van der Waals surface area (Å²) in [6.45, 7) is 3.95. The highest BCUT2D eigenvalue weighted by molar-refractivity contribution is 8.01. The van der Waals surface area contributed by atoms with Gasteiger partial charge in [0.05, 0.1) is 21.1 Å². The van der Waals surface area contributed by atoms with Crippen molar-refractivity contribution in [3.63, 3.8) is 0 Å². The second-order valence-electron chi connectivity index (χ2n) is 6.89. The van der Waals surface area contributed by atoms with Crippen molar-refractivity contribution in [2.24, 2.45) is 0 Å². The van der Waals surface area contributed by atoms with Gasteiger partial charge in [-0.05, 0) is 31.9 Å². The van der Waals surface area contributed by atoms with Gasteiger partial charge in [0.2, 0.25) is 5.91 Å². The summed E-state index contributed by atoms with van der Waals surface area (Å²) >= 11 is 8.07. The first-order valence-corrected chi connectivity index (χ1v) is 9.93. The maximum absolute atomic E-state index is 12.6. The minimum absolute atomic E-state index is 0.00323. The molecule has 1 aromatic carbocycles. The summed E-state index contributed by atoms with van der Waals surface area (Å²) in [5, 5.41) is 1.50. The summed E-state index contributed by atoms with van der Waals surface area (Å²) in [6, 6.07) is 7.20. The third kappa shape index (κ3) is 2.76. The molecule has 7 heteroatoms. The van der Waals surface area contributed by atoms with Crippen LogP contribution in [0.25, 0.3) is 10.9 Å². The Morgan fingerprint density at radius 3 is 3.04 bits per heavy atom. The van der Waals surface area contributed by atoms with E-state index in [-0.39, 0.29) is 23.4 Å². The first kappa shape index (κ1) is 17.6. The average molecular weight is 391 g/mol. The Balaban J connectivity index is 1.53. The van der Waals surface area contributed by atoms with Gasteiger partial charge in [-0.25, -0.2) is 9.78 Å². The predicted octanol–water partition coefficient (Wildman–Crippen LogP) is 3.69. The van der Waals surface area contributed by atoms with Gasteiger partial charge < -0.3 is 9.64 Å². The van der Waals surface area contributed by atoms with Crippen LogP contribution in [0.5, 0.6) is 0 Å². The van der Waals surface area contributed by atoms with Gasteiger partial charge in [-0.1, -0.05) is 29.8 Å². The lowest BCUT2D eigenvalue weighted by Gasteiger charge is -2.29. The number of rotatable bonds is 3. The van der Waals surface area contributed by atoms with E-state index in [1.54, 1.807) is 16.7 Å². The number of fused-ring (bicyclic) bond motifs is 2. The minimum atomic E-state index is -0.527. The number of carbonyl (C=O) groups excluding carboxylic acids is 2. The zero-order valence-electron chi connectivity index (χ0n) is 14.6. The fourth-order valence-corrected chi connectivity index (χ4v) is 5.36. The molecule has 136 valence electrons. The highest BCUT2D eigenvalue weighted by Gasteiger charge is 2.53. The monoisotopic (exact) mass is 390 g/mol. The molecule has 1 aromatic heterocycles. The zero-order valence-corrected chi connectivity index (χ0v) is 16.2. The molecule has 26 heavy (non-hydrogen) atoms. The molecule has 0 saturated carbocycles. The van der Waals surface area contributed by atoms with Crippen molar-refractivity contribution in [1.29, 1.82) is 0 Å². The van der Waals surface area contributed by atoms with Crippen LogP contribution in [0, 0.1) is 6.92 Å². The highest BCUT2D eigenvalue weighted by atomic mass is 35.5. The van der Waals surface area contributed by atoms with E-state index in [0.717, 1.165) is 22.9 Å². The summed E-state index contributed by atoms with van der Waals surface area (Å²) < 4.78 is 5.51. The maximum atomic E-state index is 12.6. The van der Waals surface area contributed by atoms with Crippen LogP contribution in [-0.2, 0) is 20.9 Å². The number of hydrogen-bond donors (Lipinski definition) is 0. The molecule has 0 radical (unpaired) electrons. The molecule has 0 spiro atoms. The van der Waals surface area contributed by atoms with Crippen LogP contribution in [0.2, 0.25) is 5.02 Å². The van der Waals surface area contributed by atoms with Crippen LogP contribution in [-0.4, -0.2) is 38.4 Å². The lowest BCUT2D eigenvalue weighted by Crippen LogP contribution is -2.46. The van der Waals surface area contributed by atoms with Gasteiger partial charge in [-0.2, -0.15) is 0 Å². The van der Waals surface area contributed by atoms with Crippen molar-refractivity contribution >= 4 is 46.1 Å². The number of nitrogens with zero attached hydrogens (tertiary/aromatic N) is 2. The molecular weight excluding hydrogens is 372 g/mol. The van der Waals surface area contributed by atoms with Crippen molar-refractivity contribution in [3.05, 3.63) is 40.5 Å². The van der Waals surface area contributed by atoms with Crippen molar-refractivity contribution in [2.45, 2.75) is 44.2 Å². The fourth-order valence-electron chi connectivity index (χ4n) is 3.74. The summed E-state index contributed by atoms with van der Waals surface area (Å²) in [6.07, 6.45) is 1.27. The van der Waals surface area contributed by atoms with E-state index in [1.807, 2.05) is 38.1 Å². The number of thioether (sulfide) groups is 1. The van der Waals surface area contributed by atoms with Crippen molar-refractivity contribution in [1.82, 2.24) is 9.88 Å². The Bertz CT molecular complexity index is 919. The zero-order chi connectivity index (χ0) is 18.5. The van der Waals surface area contributed by atoms with Gasteiger partial charge in [0.1, 0.15) is 12.6 Å². The van der Waals surface area contributed by atoms with Crippen LogP contribution < -0.4 is 0 Å². The smallest absolute Gasteiger partial charge is 0.330 e. The van der Waals surface area contributed by atoms with Gasteiger partial charge in [0, 0.05) is 17.6 Å². The summed E-state index contributed by atoms with van der Waals surface area (Å²) in [5.41, 5.74) is 2.28. The molecule has 2 aliphatic heterocycles. The lowest BCUT2D eigenvalue weighted by atomic mass is 10.1. The van der Waals surface area contributed by atoms with Crippen LogP contribution in [0.3, 0.4) is 0 Å². The first-order valence-electron chi connectivity index (χ1n) is 8.57. The van der Waals surface area contributed by atoms with Crippen molar-refractivity contribution in [3.8, 4) is 0 Å². The van der Waals surface area contributed by atoms with Crippen molar-refractivity contribution < 1.29 is 14.3 Å². The summed E-state index contributed by atoms with van der Waals surface area (Å²) in [7, 11) is 0. The fraction of sp³-hybridized carbons (Fsp3) is 0.421. The Labute approximate surface area is 161 Å². The lowest BCUT2D eigenvalue weighted by molar-refractivity contribution is -0.154. The molecule has 2 saturated heterocycles. The number of pyridine rings is 1. The molecule has 1 amide bonds. The number of hydrogen-bond acceptors (Lipinski definition) is 5. The van der Waals surface area contributed by atoms with E-state index in [2.05, 4.69) is 4.98 Å². The number of carbonyl (C=O) groups is 2. The SMILES string of the molecule is Cc1c(Cl)c(COC(=O)C2CSC3(C)CCC(=O)N23)nc2ccccc12. The van der Waals surface area contributed by atoms with Crippen LogP contribution in [0.15, 0.2) is 24.3 Å². The van der Waals surface area contributed by atoms with Gasteiger partial charge in [-0.15, -0.1) is 11.8 Å². The predicted molar refractivity (Wildman–Crippen MR) is 102 cm³/mol. The average Bonchev–Trinajstić information content (AvgIpc) is 3.13. The minimum Gasteiger partial charge on any atom is -0.458 e. The second kappa shape index (κ2) is 6.43. The molecular formula is C19H19ClN2O3S. The number of esters is 1. The van der Waals surface area contributed by atoms with Crippen LogP contribution >= 0.6 is 23.4 Å². The molecule has 3 heterocycles. The van der Waals surface area contributed by atoms with Gasteiger partial charge in [0.15, 0.2) is 0 Å². The first-order chi connectivity index (χ1) is 12.4. The number of para-hydroxylation sites is 1. The van der Waals surface area contributed by atoms with E-state index in [9.17, 15) is 9.59 Å². The number of aryl methyl sites for hydroxylation is 1. The molecule has 2 unspecified atom stereocenters. The maximum Gasteiger partial charge on any atom is 0.330 e. The van der Waals surface area contributed by atoms with E-state index in [4.69, 9.17) is 16.3 Å². The number of benzene rings is 1. The van der Waals surface area contributed by atoms with Crippen molar-refractivity contribution in [2.75, 3.05) is 5.75 Å². The number of amides is 1. The van der Waals surface area contributed by atoms with E-state index in [1.165, 1.54) is 0 Å². The number of ether oxygens (including phenoxy) is 1. The molecule has 0 N–H and O–H groups in total. The van der Waals surface area contributed by atoms with Gasteiger partial charge in [-0.3, -0.25) is 4.79 Å². The molecule has 4 rings (SSSR count). The summed E-state index contributed by atoms with van der Waals surface area (Å²) in [5.74, 6) is 0.205. The Morgan fingerprint density at radius 2 is 2.23 bits per heavy atom. The van der Waals surface area contributed by atoms with E-state index < -0.39 is 6.04 Å². The second-order valence-corrected chi connectivity index (χ2v) is 8.77. The Morgan fingerprint density at radius 1 is 1.46 bits per heavy atom. The molecule has 2 aliphatic rings. The van der Waals surface area contributed by atoms with Crippen LogP contribution in [0.1, 0.15) is 31.0 Å². The number of halogens is 1. The topological polar surface area (TPSA) is 59.5 Å². The van der Waals surface area contributed by atoms with E-state index >= 15 is 0 Å². The largest absolute Gasteiger partial charge is 0.458 e. The molecule has 2 atom stereocenters. The molecule has 5 nitrogen and oxygen atoms in total. The quantitative estimate of drug-likeness (QED) is 0.748. The van der Waals surface area contributed by atoms with Crippen LogP contribution in [0.4, 0.5) is 0 Å². The third-order valence-electron chi connectivity index (χ3n) is 5.21. The Hall–Kier alpha value is -1.79. The molecule has 0 bridgehead atoms. The van der Waals surface area contributed by atoms with Gasteiger partial charge in [0.25, 0.3) is 0 Å². The normalized spacial score (nSPS) is 25.0. The molecule has 2 aromatic rings. The molecule has 2 fully saturated rings. The van der Waals surface area contributed by atoms with Gasteiger partial charge >= 0.3 is 5.97 Å². The highest BCUT2D eigenvalue weighted by Crippen LogP contribution is 2.47. The third-order valence-corrected chi connectivity index (χ3v) is 7.22.